The second-order valence-electron chi connectivity index (χ2n) is 8.41. The van der Waals surface area contributed by atoms with Crippen LogP contribution in [0.5, 0.6) is 0 Å². The molecule has 33 heavy (non-hydrogen) atoms. The molecule has 1 saturated carbocycles. The predicted molar refractivity (Wildman–Crippen MR) is 128 cm³/mol. The lowest BCUT2D eigenvalue weighted by molar-refractivity contribution is 0.0981. The molecule has 5 rings (SSSR count). The second-order valence-corrected chi connectivity index (χ2v) is 10.1. The standard InChI is InChI=1S/C26H25N3O3S/c30-26(28-33(31,32)22-14-8-3-9-15-22)20-16-17-24-23(18-20)27-25(19-10-4-1-5-11-19)29(24)21-12-6-2-7-13-21/h1,3-5,8-11,14-18,21H,2,6-7,12-13H2,(H,28,30). The van der Waals surface area contributed by atoms with E-state index in [0.29, 0.717) is 11.6 Å². The van der Waals surface area contributed by atoms with E-state index in [2.05, 4.69) is 9.29 Å². The summed E-state index contributed by atoms with van der Waals surface area (Å²) in [7, 11) is -3.95. The van der Waals surface area contributed by atoms with E-state index in [0.717, 1.165) is 29.7 Å². The van der Waals surface area contributed by atoms with Gasteiger partial charge in [-0.25, -0.2) is 18.1 Å². The van der Waals surface area contributed by atoms with Crippen molar-refractivity contribution in [3.63, 3.8) is 0 Å². The number of hydrogen-bond donors (Lipinski definition) is 1. The molecule has 1 aromatic heterocycles. The minimum absolute atomic E-state index is 0.0485. The van der Waals surface area contributed by atoms with Gasteiger partial charge in [-0.05, 0) is 43.2 Å². The number of benzene rings is 3. The molecular formula is C26H25N3O3S. The molecule has 1 amide bonds. The van der Waals surface area contributed by atoms with E-state index in [-0.39, 0.29) is 10.5 Å². The lowest BCUT2D eigenvalue weighted by Gasteiger charge is -2.25. The van der Waals surface area contributed by atoms with Crippen molar-refractivity contribution >= 4 is 27.0 Å². The quantitative estimate of drug-likeness (QED) is 0.438. The Morgan fingerprint density at radius 2 is 1.55 bits per heavy atom. The highest BCUT2D eigenvalue weighted by Gasteiger charge is 2.24. The maximum absolute atomic E-state index is 12.8. The van der Waals surface area contributed by atoms with E-state index in [1.807, 2.05) is 36.4 Å². The Balaban J connectivity index is 1.53. The fourth-order valence-electron chi connectivity index (χ4n) is 4.58. The largest absolute Gasteiger partial charge is 0.321 e. The molecule has 7 heteroatoms. The maximum atomic E-state index is 12.8. The molecule has 4 aromatic rings. The molecule has 0 bridgehead atoms. The number of sulfonamides is 1. The van der Waals surface area contributed by atoms with Gasteiger partial charge in [0.15, 0.2) is 0 Å². The number of amides is 1. The Hall–Kier alpha value is -3.45. The summed E-state index contributed by atoms with van der Waals surface area (Å²) in [6, 6.07) is 23.5. The molecule has 0 saturated heterocycles. The van der Waals surface area contributed by atoms with Crippen molar-refractivity contribution in [3.05, 3.63) is 84.4 Å². The van der Waals surface area contributed by atoms with E-state index in [9.17, 15) is 13.2 Å². The summed E-state index contributed by atoms with van der Waals surface area (Å²) in [5.41, 5.74) is 2.93. The minimum Gasteiger partial charge on any atom is -0.321 e. The SMILES string of the molecule is O=C(NS(=O)(=O)c1ccccc1)c1ccc2c(c1)nc(-c1ccccc1)n2C1CCCCC1. The highest BCUT2D eigenvalue weighted by Crippen LogP contribution is 2.36. The van der Waals surface area contributed by atoms with E-state index in [1.165, 1.54) is 31.4 Å². The third kappa shape index (κ3) is 4.28. The molecule has 0 unspecified atom stereocenters. The minimum atomic E-state index is -3.95. The first-order valence-corrected chi connectivity index (χ1v) is 12.7. The Morgan fingerprint density at radius 3 is 2.24 bits per heavy atom. The number of hydrogen-bond acceptors (Lipinski definition) is 4. The molecule has 0 radical (unpaired) electrons. The van der Waals surface area contributed by atoms with Gasteiger partial charge in [-0.3, -0.25) is 4.79 Å². The summed E-state index contributed by atoms with van der Waals surface area (Å²) in [6.45, 7) is 0. The fraction of sp³-hybridized carbons (Fsp3) is 0.231. The summed E-state index contributed by atoms with van der Waals surface area (Å²) >= 11 is 0. The van der Waals surface area contributed by atoms with Crippen LogP contribution in [0.3, 0.4) is 0 Å². The van der Waals surface area contributed by atoms with Crippen molar-refractivity contribution in [2.75, 3.05) is 0 Å². The zero-order valence-corrected chi connectivity index (χ0v) is 19.0. The van der Waals surface area contributed by atoms with Gasteiger partial charge in [0.25, 0.3) is 15.9 Å². The molecule has 3 aromatic carbocycles. The monoisotopic (exact) mass is 459 g/mol. The predicted octanol–water partition coefficient (Wildman–Crippen LogP) is 5.33. The number of imidazole rings is 1. The van der Waals surface area contributed by atoms with Crippen LogP contribution in [0.15, 0.2) is 83.8 Å². The zero-order chi connectivity index (χ0) is 22.8. The summed E-state index contributed by atoms with van der Waals surface area (Å²) in [6.07, 6.45) is 5.84. The van der Waals surface area contributed by atoms with E-state index >= 15 is 0 Å². The van der Waals surface area contributed by atoms with Crippen LogP contribution in [0.1, 0.15) is 48.5 Å². The van der Waals surface area contributed by atoms with E-state index in [4.69, 9.17) is 4.98 Å². The third-order valence-corrected chi connectivity index (χ3v) is 7.55. The average molecular weight is 460 g/mol. The number of carbonyl (C=O) groups is 1. The van der Waals surface area contributed by atoms with Gasteiger partial charge in [-0.2, -0.15) is 0 Å². The number of nitrogens with zero attached hydrogens (tertiary/aromatic N) is 2. The van der Waals surface area contributed by atoms with Gasteiger partial charge in [-0.15, -0.1) is 0 Å². The first-order valence-electron chi connectivity index (χ1n) is 11.2. The van der Waals surface area contributed by atoms with Crippen LogP contribution in [-0.4, -0.2) is 23.9 Å². The molecule has 168 valence electrons. The van der Waals surface area contributed by atoms with Crippen molar-refractivity contribution in [2.24, 2.45) is 0 Å². The highest BCUT2D eigenvalue weighted by molar-refractivity contribution is 7.90. The van der Waals surface area contributed by atoms with Gasteiger partial charge < -0.3 is 4.57 Å². The average Bonchev–Trinajstić information content (AvgIpc) is 3.24. The third-order valence-electron chi connectivity index (χ3n) is 6.20. The molecule has 1 aliphatic rings. The van der Waals surface area contributed by atoms with Gasteiger partial charge in [0, 0.05) is 17.2 Å². The van der Waals surface area contributed by atoms with Gasteiger partial charge in [0.2, 0.25) is 0 Å². The van der Waals surface area contributed by atoms with Crippen LogP contribution in [0.2, 0.25) is 0 Å². The van der Waals surface area contributed by atoms with Crippen LogP contribution in [-0.2, 0) is 10.0 Å². The molecule has 1 N–H and O–H groups in total. The highest BCUT2D eigenvalue weighted by atomic mass is 32.2. The first kappa shape index (κ1) is 21.4. The number of fused-ring (bicyclic) bond motifs is 1. The second kappa shape index (κ2) is 8.83. The topological polar surface area (TPSA) is 81.1 Å². The van der Waals surface area contributed by atoms with Gasteiger partial charge >= 0.3 is 0 Å². The molecule has 1 aliphatic carbocycles. The summed E-state index contributed by atoms with van der Waals surface area (Å²) in [5.74, 6) is 0.209. The van der Waals surface area contributed by atoms with E-state index < -0.39 is 15.9 Å². The Labute approximate surface area is 193 Å². The number of nitrogens with one attached hydrogen (secondary N) is 1. The Kier molecular flexibility index (Phi) is 5.72. The molecular weight excluding hydrogens is 434 g/mol. The van der Waals surface area contributed by atoms with Crippen LogP contribution in [0.25, 0.3) is 22.4 Å². The molecule has 0 atom stereocenters. The fourth-order valence-corrected chi connectivity index (χ4v) is 5.57. The summed E-state index contributed by atoms with van der Waals surface area (Å²) in [5, 5.41) is 0. The van der Waals surface area contributed by atoms with Crippen LogP contribution in [0.4, 0.5) is 0 Å². The van der Waals surface area contributed by atoms with Crippen molar-refractivity contribution < 1.29 is 13.2 Å². The molecule has 1 heterocycles. The number of carbonyl (C=O) groups excluding carboxylic acids is 1. The molecule has 1 fully saturated rings. The van der Waals surface area contributed by atoms with Crippen LogP contribution >= 0.6 is 0 Å². The maximum Gasteiger partial charge on any atom is 0.265 e. The lowest BCUT2D eigenvalue weighted by Crippen LogP contribution is -2.30. The van der Waals surface area contributed by atoms with Gasteiger partial charge in [0.05, 0.1) is 15.9 Å². The summed E-state index contributed by atoms with van der Waals surface area (Å²) < 4.78 is 29.6. The van der Waals surface area contributed by atoms with E-state index in [1.54, 1.807) is 30.3 Å². The van der Waals surface area contributed by atoms with Crippen molar-refractivity contribution in [3.8, 4) is 11.4 Å². The van der Waals surface area contributed by atoms with Crippen molar-refractivity contribution in [2.45, 2.75) is 43.0 Å². The van der Waals surface area contributed by atoms with Crippen molar-refractivity contribution in [1.29, 1.82) is 0 Å². The Bertz CT molecular complexity index is 1390. The molecule has 6 nitrogen and oxygen atoms in total. The van der Waals surface area contributed by atoms with Crippen LogP contribution < -0.4 is 4.72 Å². The normalized spacial score (nSPS) is 14.9. The number of rotatable bonds is 5. The molecule has 0 aliphatic heterocycles. The molecule has 0 spiro atoms. The summed E-state index contributed by atoms with van der Waals surface area (Å²) in [4.78, 5) is 17.8. The lowest BCUT2D eigenvalue weighted by atomic mass is 9.95. The Morgan fingerprint density at radius 1 is 0.879 bits per heavy atom. The first-order chi connectivity index (χ1) is 16.0. The zero-order valence-electron chi connectivity index (χ0n) is 18.1. The van der Waals surface area contributed by atoms with Crippen molar-refractivity contribution in [1.82, 2.24) is 14.3 Å². The smallest absolute Gasteiger partial charge is 0.265 e. The van der Waals surface area contributed by atoms with Gasteiger partial charge in [-0.1, -0.05) is 67.8 Å². The number of aromatic nitrogens is 2. The van der Waals surface area contributed by atoms with Gasteiger partial charge in [0.1, 0.15) is 5.82 Å². The van der Waals surface area contributed by atoms with Crippen LogP contribution in [0, 0.1) is 0 Å².